The minimum Gasteiger partial charge on any atom is -0.508 e. The number of unbranched alkanes of at least 4 members (excludes halogenated alkanes) is 1. The molecule has 2 rings (SSSR count). The van der Waals surface area contributed by atoms with E-state index in [1.54, 1.807) is 6.07 Å². The van der Waals surface area contributed by atoms with Crippen molar-refractivity contribution >= 4 is 5.69 Å². The second-order valence-electron chi connectivity index (χ2n) is 7.67. The Kier molecular flexibility index (Phi) is 6.31. The average molecular weight is 320 g/mol. The summed E-state index contributed by atoms with van der Waals surface area (Å²) in [5.41, 5.74) is 2.16. The fourth-order valence-electron chi connectivity index (χ4n) is 3.22. The van der Waals surface area contributed by atoms with Gasteiger partial charge >= 0.3 is 0 Å². The molecular weight excluding hydrogens is 288 g/mol. The standard InChI is InChI=1S/C19H32N2O2/c1-19(2,3)15-11-16(13-18(23)12-15)20-8-4-5-9-21-10-6-7-17(21)14-22/h11-13,17,20,22-23H,4-10,14H2,1-3H3/t17-/m0/s1. The van der Waals surface area contributed by atoms with Gasteiger partial charge in [0.25, 0.3) is 0 Å². The maximum absolute atomic E-state index is 9.89. The highest BCUT2D eigenvalue weighted by Gasteiger charge is 2.22. The molecule has 1 aromatic carbocycles. The van der Waals surface area contributed by atoms with Crippen LogP contribution in [0.4, 0.5) is 5.69 Å². The fourth-order valence-corrected chi connectivity index (χ4v) is 3.22. The number of hydrogen-bond donors (Lipinski definition) is 3. The first-order valence-electron chi connectivity index (χ1n) is 8.83. The number of phenolic OH excluding ortho intramolecular Hbond substituents is 1. The zero-order valence-electron chi connectivity index (χ0n) is 14.8. The normalized spacial score (nSPS) is 19.2. The molecule has 1 fully saturated rings. The van der Waals surface area contributed by atoms with Crippen molar-refractivity contribution in [1.29, 1.82) is 0 Å². The topological polar surface area (TPSA) is 55.7 Å². The van der Waals surface area contributed by atoms with Crippen molar-refractivity contribution < 1.29 is 10.2 Å². The lowest BCUT2D eigenvalue weighted by Gasteiger charge is -2.22. The van der Waals surface area contributed by atoms with Gasteiger partial charge in [-0.25, -0.2) is 0 Å². The summed E-state index contributed by atoms with van der Waals surface area (Å²) >= 11 is 0. The molecule has 1 aromatic rings. The van der Waals surface area contributed by atoms with Gasteiger partial charge in [0.2, 0.25) is 0 Å². The van der Waals surface area contributed by atoms with Crippen LogP contribution in [-0.4, -0.2) is 47.4 Å². The largest absolute Gasteiger partial charge is 0.508 e. The summed E-state index contributed by atoms with van der Waals surface area (Å²) in [6.07, 6.45) is 4.57. The second kappa shape index (κ2) is 8.02. The SMILES string of the molecule is CC(C)(C)c1cc(O)cc(NCCCCN2CCC[C@H]2CO)c1. The highest BCUT2D eigenvalue weighted by molar-refractivity contribution is 5.52. The van der Waals surface area contributed by atoms with Gasteiger partial charge in [-0.2, -0.15) is 0 Å². The van der Waals surface area contributed by atoms with E-state index in [1.165, 1.54) is 6.42 Å². The highest BCUT2D eigenvalue weighted by Crippen LogP contribution is 2.29. The van der Waals surface area contributed by atoms with Gasteiger partial charge in [0, 0.05) is 24.3 Å². The minimum atomic E-state index is 0.0320. The lowest BCUT2D eigenvalue weighted by atomic mass is 9.86. The van der Waals surface area contributed by atoms with Gasteiger partial charge in [-0.15, -0.1) is 0 Å². The Morgan fingerprint density at radius 3 is 2.70 bits per heavy atom. The third kappa shape index (κ3) is 5.40. The number of nitrogens with zero attached hydrogens (tertiary/aromatic N) is 1. The monoisotopic (exact) mass is 320 g/mol. The number of nitrogens with one attached hydrogen (secondary N) is 1. The van der Waals surface area contributed by atoms with Crippen LogP contribution in [0.5, 0.6) is 5.75 Å². The molecule has 1 atom stereocenters. The molecule has 130 valence electrons. The summed E-state index contributed by atoms with van der Waals surface area (Å²) in [4.78, 5) is 2.41. The zero-order valence-corrected chi connectivity index (χ0v) is 14.8. The van der Waals surface area contributed by atoms with E-state index in [9.17, 15) is 10.2 Å². The minimum absolute atomic E-state index is 0.0320. The number of phenols is 1. The van der Waals surface area contributed by atoms with E-state index in [0.29, 0.717) is 11.8 Å². The van der Waals surface area contributed by atoms with Crippen LogP contribution in [0.2, 0.25) is 0 Å². The Balaban J connectivity index is 1.75. The molecule has 3 N–H and O–H groups in total. The second-order valence-corrected chi connectivity index (χ2v) is 7.67. The van der Waals surface area contributed by atoms with Crippen molar-refractivity contribution in [2.75, 3.05) is 31.6 Å². The van der Waals surface area contributed by atoms with E-state index in [4.69, 9.17) is 0 Å². The summed E-state index contributed by atoms with van der Waals surface area (Å²) in [6, 6.07) is 6.14. The molecule has 4 nitrogen and oxygen atoms in total. The molecule has 0 spiro atoms. The first-order chi connectivity index (χ1) is 10.9. The summed E-state index contributed by atoms with van der Waals surface area (Å²) in [5.74, 6) is 0.322. The lowest BCUT2D eigenvalue weighted by molar-refractivity contribution is 0.157. The molecule has 0 amide bonds. The number of aliphatic hydroxyl groups excluding tert-OH is 1. The van der Waals surface area contributed by atoms with Gasteiger partial charge in [0.1, 0.15) is 5.75 Å². The summed E-state index contributed by atoms with van der Waals surface area (Å²) in [6.45, 7) is 9.85. The Morgan fingerprint density at radius 2 is 2.00 bits per heavy atom. The van der Waals surface area contributed by atoms with Gasteiger partial charge < -0.3 is 15.5 Å². The van der Waals surface area contributed by atoms with Crippen LogP contribution in [0.1, 0.15) is 52.0 Å². The molecule has 1 saturated heterocycles. The molecule has 0 radical (unpaired) electrons. The maximum atomic E-state index is 9.89. The van der Waals surface area contributed by atoms with Crippen LogP contribution in [0.15, 0.2) is 18.2 Å². The van der Waals surface area contributed by atoms with Gasteiger partial charge in [-0.05, 0) is 61.9 Å². The number of rotatable bonds is 7. The van der Waals surface area contributed by atoms with Gasteiger partial charge in [0.05, 0.1) is 6.61 Å². The maximum Gasteiger partial charge on any atom is 0.117 e. The fraction of sp³-hybridized carbons (Fsp3) is 0.684. The van der Waals surface area contributed by atoms with Crippen molar-refractivity contribution in [1.82, 2.24) is 4.90 Å². The molecule has 0 aliphatic carbocycles. The van der Waals surface area contributed by atoms with Crippen LogP contribution >= 0.6 is 0 Å². The van der Waals surface area contributed by atoms with E-state index in [2.05, 4.69) is 37.1 Å². The summed E-state index contributed by atoms with van der Waals surface area (Å²) < 4.78 is 0. The van der Waals surface area contributed by atoms with Crippen LogP contribution < -0.4 is 5.32 Å². The predicted octanol–water partition coefficient (Wildman–Crippen LogP) is 3.34. The molecule has 1 heterocycles. The van der Waals surface area contributed by atoms with Crippen molar-refractivity contribution in [3.8, 4) is 5.75 Å². The van der Waals surface area contributed by atoms with Crippen LogP contribution in [0.3, 0.4) is 0 Å². The number of benzene rings is 1. The molecule has 1 aliphatic heterocycles. The quantitative estimate of drug-likeness (QED) is 0.675. The van der Waals surface area contributed by atoms with E-state index < -0.39 is 0 Å². The van der Waals surface area contributed by atoms with E-state index in [0.717, 1.165) is 50.1 Å². The zero-order chi connectivity index (χ0) is 16.9. The first kappa shape index (κ1) is 18.1. The third-order valence-electron chi connectivity index (χ3n) is 4.69. The molecule has 0 unspecified atom stereocenters. The van der Waals surface area contributed by atoms with Crippen molar-refractivity contribution in [2.24, 2.45) is 0 Å². The predicted molar refractivity (Wildman–Crippen MR) is 96.2 cm³/mol. The van der Waals surface area contributed by atoms with Crippen LogP contribution in [0.25, 0.3) is 0 Å². The Hall–Kier alpha value is -1.26. The molecular formula is C19H32N2O2. The molecule has 0 bridgehead atoms. The summed E-state index contributed by atoms with van der Waals surface area (Å²) in [7, 11) is 0. The molecule has 0 saturated carbocycles. The van der Waals surface area contributed by atoms with Gasteiger partial charge in [0.15, 0.2) is 0 Å². The average Bonchev–Trinajstić information content (AvgIpc) is 2.93. The van der Waals surface area contributed by atoms with Crippen LogP contribution in [-0.2, 0) is 5.41 Å². The molecule has 1 aliphatic rings. The van der Waals surface area contributed by atoms with Gasteiger partial charge in [-0.3, -0.25) is 4.90 Å². The number of likely N-dealkylation sites (tertiary alicyclic amines) is 1. The Labute approximate surface area is 140 Å². The summed E-state index contributed by atoms with van der Waals surface area (Å²) in [5, 5.41) is 22.6. The smallest absolute Gasteiger partial charge is 0.117 e. The van der Waals surface area contributed by atoms with E-state index in [-0.39, 0.29) is 12.0 Å². The third-order valence-corrected chi connectivity index (χ3v) is 4.69. The van der Waals surface area contributed by atoms with Crippen LogP contribution in [0, 0.1) is 0 Å². The number of aromatic hydroxyl groups is 1. The van der Waals surface area contributed by atoms with Gasteiger partial charge in [-0.1, -0.05) is 20.8 Å². The molecule has 0 aromatic heterocycles. The van der Waals surface area contributed by atoms with E-state index in [1.807, 2.05) is 6.07 Å². The molecule has 23 heavy (non-hydrogen) atoms. The van der Waals surface area contributed by atoms with Crippen molar-refractivity contribution in [3.05, 3.63) is 23.8 Å². The van der Waals surface area contributed by atoms with E-state index >= 15 is 0 Å². The Morgan fingerprint density at radius 1 is 1.22 bits per heavy atom. The first-order valence-corrected chi connectivity index (χ1v) is 8.83. The van der Waals surface area contributed by atoms with Crippen molar-refractivity contribution in [3.63, 3.8) is 0 Å². The number of aliphatic hydroxyl groups is 1. The van der Waals surface area contributed by atoms with Crippen molar-refractivity contribution in [2.45, 2.75) is 57.9 Å². The molecule has 4 heteroatoms. The highest BCUT2D eigenvalue weighted by atomic mass is 16.3. The lowest BCUT2D eigenvalue weighted by Crippen LogP contribution is -2.33. The number of hydrogen-bond acceptors (Lipinski definition) is 4. The Bertz CT molecular complexity index is 497. The number of anilines is 1.